The number of likely N-dealkylation sites (tertiary alicyclic amines) is 1. The van der Waals surface area contributed by atoms with E-state index in [4.69, 9.17) is 0 Å². The Balaban J connectivity index is 0.000000218. The van der Waals surface area contributed by atoms with E-state index in [0.717, 1.165) is 29.8 Å². The molecule has 2 aromatic rings. The van der Waals surface area contributed by atoms with Crippen LogP contribution < -0.4 is 10.6 Å². The number of halogens is 3. The van der Waals surface area contributed by atoms with Gasteiger partial charge in [-0.15, -0.1) is 10.2 Å². The average Bonchev–Trinajstić information content (AvgIpc) is 3.63. The highest BCUT2D eigenvalue weighted by Crippen LogP contribution is 2.61. The van der Waals surface area contributed by atoms with Crippen LogP contribution in [0.25, 0.3) is 0 Å². The Kier molecular flexibility index (Phi) is 23.4. The summed E-state index contributed by atoms with van der Waals surface area (Å²) < 4.78 is 38.7. The fourth-order valence-corrected chi connectivity index (χ4v) is 11.7. The summed E-state index contributed by atoms with van der Waals surface area (Å²) in [5.74, 6) is 2.43. The average molecular weight is 932 g/mol. The molecule has 4 saturated carbocycles. The lowest BCUT2D eigenvalue weighted by molar-refractivity contribution is -0.148. The molecule has 4 heterocycles. The molecule has 4 bridgehead atoms. The zero-order chi connectivity index (χ0) is 49.6. The predicted molar refractivity (Wildman–Crippen MR) is 274 cm³/mol. The van der Waals surface area contributed by atoms with Crippen molar-refractivity contribution in [3.63, 3.8) is 0 Å². The van der Waals surface area contributed by atoms with Crippen molar-refractivity contribution in [1.82, 2.24) is 39.7 Å². The van der Waals surface area contributed by atoms with Gasteiger partial charge < -0.3 is 25.0 Å². The van der Waals surface area contributed by atoms with Gasteiger partial charge in [-0.1, -0.05) is 65.7 Å². The molecule has 2 saturated heterocycles. The van der Waals surface area contributed by atoms with Gasteiger partial charge in [0.15, 0.2) is 0 Å². The molecule has 1 aromatic heterocycles. The first kappa shape index (κ1) is 58.1. The lowest BCUT2D eigenvalue weighted by Gasteiger charge is -2.62. The fraction of sp³-hybridized carbons (Fsp3) is 0.852. The molecule has 3 atom stereocenters. The molecule has 7 aliphatic rings. The molecule has 0 spiro atoms. The Hall–Kier alpha value is -2.25. The Labute approximate surface area is 403 Å². The van der Waals surface area contributed by atoms with Gasteiger partial charge in [-0.2, -0.15) is 13.2 Å². The molecular weight excluding hydrogens is 832 g/mol. The molecule has 0 amide bonds. The van der Waals surface area contributed by atoms with E-state index >= 15 is 0 Å². The summed E-state index contributed by atoms with van der Waals surface area (Å²) in [6, 6.07) is 12.1. The van der Waals surface area contributed by atoms with Crippen molar-refractivity contribution in [2.45, 2.75) is 230 Å². The normalized spacial score (nSPS) is 26.7. The highest BCUT2D eigenvalue weighted by molar-refractivity contribution is 5.44. The van der Waals surface area contributed by atoms with Crippen LogP contribution in [-0.4, -0.2) is 122 Å². The summed E-state index contributed by atoms with van der Waals surface area (Å²) in [4.78, 5) is 9.61. The lowest BCUT2D eigenvalue weighted by atomic mass is 9.47. The van der Waals surface area contributed by atoms with Gasteiger partial charge in [0, 0.05) is 80.2 Å². The molecule has 0 radical (unpaired) electrons. The van der Waals surface area contributed by atoms with Crippen LogP contribution in [0.2, 0.25) is 0 Å². The molecule has 382 valence electrons. The molecule has 4 aliphatic carbocycles. The minimum absolute atomic E-state index is 0.301. The van der Waals surface area contributed by atoms with E-state index in [1.807, 2.05) is 13.8 Å². The Morgan fingerprint density at radius 2 is 1.24 bits per heavy atom. The molecule has 6 fully saturated rings. The molecule has 3 aliphatic heterocycles. The Bertz CT molecular complexity index is 1610. The fourth-order valence-electron chi connectivity index (χ4n) is 11.7. The Morgan fingerprint density at radius 3 is 1.68 bits per heavy atom. The van der Waals surface area contributed by atoms with Crippen LogP contribution in [0.5, 0.6) is 0 Å². The van der Waals surface area contributed by atoms with E-state index in [9.17, 15) is 13.2 Å². The van der Waals surface area contributed by atoms with Crippen molar-refractivity contribution in [3.8, 4) is 0 Å². The van der Waals surface area contributed by atoms with Gasteiger partial charge in [0.25, 0.3) is 0 Å². The van der Waals surface area contributed by atoms with Crippen molar-refractivity contribution >= 4 is 5.69 Å². The highest BCUT2D eigenvalue weighted by atomic mass is 19.4. The van der Waals surface area contributed by atoms with E-state index in [0.29, 0.717) is 60.6 Å². The van der Waals surface area contributed by atoms with Crippen LogP contribution in [0.3, 0.4) is 0 Å². The number of alkyl halides is 3. The number of aryl methyl sites for hydroxylation is 1. The summed E-state index contributed by atoms with van der Waals surface area (Å²) in [7, 11) is 2.20. The minimum atomic E-state index is -4.41. The van der Waals surface area contributed by atoms with Gasteiger partial charge >= 0.3 is 6.18 Å². The van der Waals surface area contributed by atoms with Gasteiger partial charge in [0.05, 0.1) is 6.54 Å². The molecule has 9 nitrogen and oxygen atoms in total. The molecule has 3 unspecified atom stereocenters. The first-order valence-electron chi connectivity index (χ1n) is 26.2. The number of nitrogens with one attached hydrogen (secondary N) is 2. The number of rotatable bonds is 7. The van der Waals surface area contributed by atoms with E-state index in [1.54, 1.807) is 0 Å². The largest absolute Gasteiger partial charge is 0.451 e. The quantitative estimate of drug-likeness (QED) is 0.285. The molecular formula is C54H100F3N9. The first-order valence-corrected chi connectivity index (χ1v) is 26.2. The van der Waals surface area contributed by atoms with Gasteiger partial charge in [0.1, 0.15) is 5.82 Å². The van der Waals surface area contributed by atoms with Crippen LogP contribution in [0.15, 0.2) is 24.3 Å². The standard InChI is InChI=1S/C14H25N.C10H15N.C9H13F3N4.C9H20N2.C8H17N.C4H10/c1-10(2)15-14-7-11-4-12(8-14)6-13(3,5-11)9-14;1-8(2)11-10-6-4-9(3)5-7-10;1-6(2)15-3-4-16-7(5-15)13-14-8(16)9(10,11)12;1-8(2)11-6-5-10(4)7-9(11)3;1-8(2)9-6-4-3-5-7-9;1-4(2)3/h10-12,15H,4-9H2,1-3H3;4-8,11H,1-3H3;6H,3-5H2,1-2H3;8-9H,5-7H2,1-4H3;8H,3-7H2,1-2H3;4H,1-3H3. The third-order valence-corrected chi connectivity index (χ3v) is 13.9. The second-order valence-electron chi connectivity index (χ2n) is 23.5. The maximum Gasteiger partial charge on any atom is 0.451 e. The molecule has 2 N–H and O–H groups in total. The maximum absolute atomic E-state index is 12.5. The number of aromatic nitrogens is 3. The molecule has 66 heavy (non-hydrogen) atoms. The molecule has 12 heteroatoms. The number of likely N-dealkylation sites (N-methyl/N-ethyl adjacent to an activating group) is 1. The van der Waals surface area contributed by atoms with Gasteiger partial charge in [-0.05, 0) is 176 Å². The summed E-state index contributed by atoms with van der Waals surface area (Å²) in [6.07, 6.45) is 8.83. The van der Waals surface area contributed by atoms with Crippen molar-refractivity contribution in [2.75, 3.05) is 51.6 Å². The lowest BCUT2D eigenvalue weighted by Crippen LogP contribution is -2.62. The summed E-state index contributed by atoms with van der Waals surface area (Å²) >= 11 is 0. The SMILES string of the molecule is CC(C)C.CC(C)N1CCCCC1.CC(C)N1CCN(C)CC1C.CC(C)N1CCn2c(nnc2C(F)(F)F)C1.CC(C)NC12CC3CC(CC(C)(C3)C1)C2.Cc1ccc(NC(C)C)cc1. The number of hydrogen-bond acceptors (Lipinski definition) is 8. The van der Waals surface area contributed by atoms with Crippen LogP contribution >= 0.6 is 0 Å². The first-order chi connectivity index (χ1) is 30.7. The van der Waals surface area contributed by atoms with Crippen LogP contribution in [-0.2, 0) is 19.3 Å². The molecule has 9 rings (SSSR count). The summed E-state index contributed by atoms with van der Waals surface area (Å²) in [5.41, 5.74) is 3.73. The predicted octanol–water partition coefficient (Wildman–Crippen LogP) is 12.3. The van der Waals surface area contributed by atoms with Gasteiger partial charge in [-0.3, -0.25) is 9.80 Å². The highest BCUT2D eigenvalue weighted by Gasteiger charge is 2.55. The van der Waals surface area contributed by atoms with Crippen molar-refractivity contribution in [3.05, 3.63) is 41.5 Å². The van der Waals surface area contributed by atoms with E-state index < -0.39 is 12.0 Å². The van der Waals surface area contributed by atoms with Gasteiger partial charge in [-0.25, -0.2) is 0 Å². The number of anilines is 1. The third-order valence-electron chi connectivity index (χ3n) is 13.9. The minimum Gasteiger partial charge on any atom is -0.383 e. The van der Waals surface area contributed by atoms with Crippen LogP contribution in [0.1, 0.15) is 179 Å². The van der Waals surface area contributed by atoms with Crippen LogP contribution in [0.4, 0.5) is 18.9 Å². The number of piperidine rings is 1. The smallest absolute Gasteiger partial charge is 0.383 e. The van der Waals surface area contributed by atoms with Crippen molar-refractivity contribution in [2.24, 2.45) is 23.2 Å². The van der Waals surface area contributed by atoms with Crippen molar-refractivity contribution < 1.29 is 13.2 Å². The summed E-state index contributed by atoms with van der Waals surface area (Å²) in [5, 5.41) is 14.1. The monoisotopic (exact) mass is 932 g/mol. The maximum atomic E-state index is 12.5. The summed E-state index contributed by atoms with van der Waals surface area (Å²) in [6.45, 7) is 43.2. The van der Waals surface area contributed by atoms with Crippen molar-refractivity contribution in [1.29, 1.82) is 0 Å². The molecule has 1 aromatic carbocycles. The van der Waals surface area contributed by atoms with Crippen LogP contribution in [0, 0.1) is 30.1 Å². The van der Waals surface area contributed by atoms with Gasteiger partial charge in [0.2, 0.25) is 5.82 Å². The Morgan fingerprint density at radius 1 is 0.682 bits per heavy atom. The second-order valence-corrected chi connectivity index (χ2v) is 23.5. The second kappa shape index (κ2) is 26.7. The zero-order valence-corrected chi connectivity index (χ0v) is 45.3. The number of nitrogens with zero attached hydrogens (tertiary/aromatic N) is 7. The third kappa shape index (κ3) is 19.6. The number of fused-ring (bicyclic) bond motifs is 1. The van der Waals surface area contributed by atoms with E-state index in [2.05, 4.69) is 169 Å². The zero-order valence-electron chi connectivity index (χ0n) is 45.3. The van der Waals surface area contributed by atoms with E-state index in [-0.39, 0.29) is 0 Å². The number of benzene rings is 1. The van der Waals surface area contributed by atoms with E-state index in [1.165, 1.54) is 106 Å². The topological polar surface area (TPSA) is 67.7 Å². The number of piperazine rings is 1. The number of hydrogen-bond donors (Lipinski definition) is 2.